The van der Waals surface area contributed by atoms with Crippen molar-refractivity contribution >= 4 is 17.6 Å². The highest BCUT2D eigenvalue weighted by molar-refractivity contribution is 6.05. The minimum Gasteiger partial charge on any atom is -0.490 e. The Kier molecular flexibility index (Phi) is 5.48. The van der Waals surface area contributed by atoms with E-state index in [4.69, 9.17) is 14.6 Å². The van der Waals surface area contributed by atoms with Crippen LogP contribution in [0.1, 0.15) is 39.3 Å². The van der Waals surface area contributed by atoms with Crippen LogP contribution in [0, 0.1) is 6.92 Å². The highest BCUT2D eigenvalue weighted by Crippen LogP contribution is 2.25. The Labute approximate surface area is 151 Å². The van der Waals surface area contributed by atoms with Crippen molar-refractivity contribution in [2.24, 2.45) is 0 Å². The van der Waals surface area contributed by atoms with Gasteiger partial charge in [-0.25, -0.2) is 9.78 Å². The standard InChI is InChI=1S/C19H20N2O5/c1-12-10-14(2-3-17(12)26-15-5-8-25-9-6-15)21-18(22)13-4-7-20-16(11-13)19(23)24/h2-4,7,10-11,15H,5-6,8-9H2,1H3,(H,21,22)(H,23,24). The molecule has 7 nitrogen and oxygen atoms in total. The van der Waals surface area contributed by atoms with Crippen LogP contribution in [0.15, 0.2) is 36.5 Å². The highest BCUT2D eigenvalue weighted by Gasteiger charge is 2.17. The van der Waals surface area contributed by atoms with E-state index in [-0.39, 0.29) is 17.4 Å². The Morgan fingerprint density at radius 3 is 2.69 bits per heavy atom. The van der Waals surface area contributed by atoms with E-state index < -0.39 is 11.9 Å². The average Bonchev–Trinajstić information content (AvgIpc) is 2.65. The lowest BCUT2D eigenvalue weighted by molar-refractivity contribution is 0.0253. The van der Waals surface area contributed by atoms with Gasteiger partial charge in [0.1, 0.15) is 17.5 Å². The first kappa shape index (κ1) is 17.9. The molecule has 1 aliphatic heterocycles. The molecule has 1 fully saturated rings. The van der Waals surface area contributed by atoms with Gasteiger partial charge in [0.25, 0.3) is 5.91 Å². The summed E-state index contributed by atoms with van der Waals surface area (Å²) in [5.41, 5.74) is 1.59. The molecule has 0 atom stereocenters. The van der Waals surface area contributed by atoms with Gasteiger partial charge in [-0.1, -0.05) is 0 Å². The number of hydrogen-bond acceptors (Lipinski definition) is 5. The van der Waals surface area contributed by atoms with E-state index in [2.05, 4.69) is 10.3 Å². The van der Waals surface area contributed by atoms with Gasteiger partial charge in [0.2, 0.25) is 0 Å². The summed E-state index contributed by atoms with van der Waals surface area (Å²) in [5.74, 6) is -0.788. The van der Waals surface area contributed by atoms with Gasteiger partial charge in [-0.15, -0.1) is 0 Å². The maximum Gasteiger partial charge on any atom is 0.354 e. The SMILES string of the molecule is Cc1cc(NC(=O)c2ccnc(C(=O)O)c2)ccc1OC1CCOCC1. The number of carbonyl (C=O) groups is 2. The number of carboxylic acids is 1. The minimum absolute atomic E-state index is 0.147. The van der Waals surface area contributed by atoms with Crippen LogP contribution in [0.5, 0.6) is 5.75 Å². The van der Waals surface area contributed by atoms with Crippen LogP contribution in [0.4, 0.5) is 5.69 Å². The Hall–Kier alpha value is -2.93. The number of ether oxygens (including phenoxy) is 2. The van der Waals surface area contributed by atoms with Crippen LogP contribution in [-0.4, -0.2) is 41.3 Å². The Bertz CT molecular complexity index is 815. The lowest BCUT2D eigenvalue weighted by Gasteiger charge is -2.24. The summed E-state index contributed by atoms with van der Waals surface area (Å²) >= 11 is 0. The van der Waals surface area contributed by atoms with Crippen molar-refractivity contribution < 1.29 is 24.2 Å². The summed E-state index contributed by atoms with van der Waals surface area (Å²) in [7, 11) is 0. The molecule has 1 aromatic heterocycles. The number of nitrogens with one attached hydrogen (secondary N) is 1. The molecule has 0 radical (unpaired) electrons. The van der Waals surface area contributed by atoms with Gasteiger partial charge >= 0.3 is 5.97 Å². The first-order valence-electron chi connectivity index (χ1n) is 8.38. The largest absolute Gasteiger partial charge is 0.490 e. The molecule has 2 N–H and O–H groups in total. The molecule has 2 heterocycles. The Morgan fingerprint density at radius 1 is 1.23 bits per heavy atom. The zero-order valence-electron chi connectivity index (χ0n) is 14.4. The number of hydrogen-bond donors (Lipinski definition) is 2. The molecule has 1 aliphatic rings. The smallest absolute Gasteiger partial charge is 0.354 e. The van der Waals surface area contributed by atoms with Gasteiger partial charge in [-0.3, -0.25) is 4.79 Å². The molecular formula is C19H20N2O5. The molecule has 2 aromatic rings. The summed E-state index contributed by atoms with van der Waals surface area (Å²) in [6, 6.07) is 8.13. The summed E-state index contributed by atoms with van der Waals surface area (Å²) in [5, 5.41) is 11.7. The van der Waals surface area contributed by atoms with Crippen LogP contribution in [-0.2, 0) is 4.74 Å². The predicted molar refractivity (Wildman–Crippen MR) is 94.8 cm³/mol. The van der Waals surface area contributed by atoms with Gasteiger partial charge in [0.15, 0.2) is 0 Å². The summed E-state index contributed by atoms with van der Waals surface area (Å²) in [6.07, 6.45) is 3.18. The fourth-order valence-corrected chi connectivity index (χ4v) is 2.72. The third-order valence-electron chi connectivity index (χ3n) is 4.14. The first-order chi connectivity index (χ1) is 12.5. The fraction of sp³-hybridized carbons (Fsp3) is 0.316. The molecule has 0 unspecified atom stereocenters. The number of aromatic nitrogens is 1. The summed E-state index contributed by atoms with van der Waals surface area (Å²) < 4.78 is 11.3. The number of carbonyl (C=O) groups excluding carboxylic acids is 1. The predicted octanol–water partition coefficient (Wildman–Crippen LogP) is 2.90. The number of nitrogens with zero attached hydrogens (tertiary/aromatic N) is 1. The molecule has 0 bridgehead atoms. The fourth-order valence-electron chi connectivity index (χ4n) is 2.72. The van der Waals surface area contributed by atoms with E-state index in [1.807, 2.05) is 19.1 Å². The molecular weight excluding hydrogens is 336 g/mol. The second-order valence-corrected chi connectivity index (χ2v) is 6.10. The van der Waals surface area contributed by atoms with Crippen LogP contribution in [0.25, 0.3) is 0 Å². The maximum absolute atomic E-state index is 12.3. The zero-order valence-corrected chi connectivity index (χ0v) is 14.4. The van der Waals surface area contributed by atoms with Crippen molar-refractivity contribution in [3.8, 4) is 5.75 Å². The molecule has 1 amide bonds. The second-order valence-electron chi connectivity index (χ2n) is 6.10. The average molecular weight is 356 g/mol. The zero-order chi connectivity index (χ0) is 18.5. The number of anilines is 1. The van der Waals surface area contributed by atoms with Gasteiger partial charge in [-0.2, -0.15) is 0 Å². The molecule has 26 heavy (non-hydrogen) atoms. The molecule has 1 aromatic carbocycles. The molecule has 7 heteroatoms. The van der Waals surface area contributed by atoms with E-state index in [9.17, 15) is 9.59 Å². The van der Waals surface area contributed by atoms with E-state index in [0.29, 0.717) is 18.9 Å². The minimum atomic E-state index is -1.18. The summed E-state index contributed by atoms with van der Waals surface area (Å²) in [4.78, 5) is 27.0. The van der Waals surface area contributed by atoms with Crippen molar-refractivity contribution in [1.82, 2.24) is 4.98 Å². The molecule has 3 rings (SSSR count). The van der Waals surface area contributed by atoms with E-state index in [0.717, 1.165) is 24.2 Å². The second kappa shape index (κ2) is 7.97. The van der Waals surface area contributed by atoms with E-state index in [1.165, 1.54) is 18.3 Å². The number of pyridine rings is 1. The van der Waals surface area contributed by atoms with Crippen molar-refractivity contribution in [2.45, 2.75) is 25.9 Å². The quantitative estimate of drug-likeness (QED) is 0.855. The van der Waals surface area contributed by atoms with Gasteiger partial charge < -0.3 is 19.9 Å². The van der Waals surface area contributed by atoms with Crippen LogP contribution >= 0.6 is 0 Å². The monoisotopic (exact) mass is 356 g/mol. The first-order valence-corrected chi connectivity index (χ1v) is 8.38. The van der Waals surface area contributed by atoms with Gasteiger partial charge in [-0.05, 0) is 42.8 Å². The molecule has 136 valence electrons. The number of rotatable bonds is 5. The molecule has 0 spiro atoms. The molecule has 1 saturated heterocycles. The van der Waals surface area contributed by atoms with Crippen molar-refractivity contribution in [1.29, 1.82) is 0 Å². The number of carboxylic acid groups (broad SMARTS) is 1. The molecule has 0 aliphatic carbocycles. The maximum atomic E-state index is 12.3. The third-order valence-corrected chi connectivity index (χ3v) is 4.14. The van der Waals surface area contributed by atoms with Crippen molar-refractivity contribution in [2.75, 3.05) is 18.5 Å². The highest BCUT2D eigenvalue weighted by atomic mass is 16.5. The van der Waals surface area contributed by atoms with Gasteiger partial charge in [0.05, 0.1) is 13.2 Å². The normalized spacial score (nSPS) is 14.7. The van der Waals surface area contributed by atoms with E-state index >= 15 is 0 Å². The number of benzene rings is 1. The third kappa shape index (κ3) is 4.37. The van der Waals surface area contributed by atoms with E-state index in [1.54, 1.807) is 6.07 Å². The lowest BCUT2D eigenvalue weighted by atomic mass is 10.1. The number of aromatic carboxylic acids is 1. The van der Waals surface area contributed by atoms with Crippen LogP contribution in [0.3, 0.4) is 0 Å². The molecule has 0 saturated carbocycles. The summed E-state index contributed by atoms with van der Waals surface area (Å²) in [6.45, 7) is 3.34. The Morgan fingerprint density at radius 2 is 2.00 bits per heavy atom. The van der Waals surface area contributed by atoms with Crippen molar-refractivity contribution in [3.05, 3.63) is 53.3 Å². The Balaban J connectivity index is 1.68. The number of amides is 1. The lowest BCUT2D eigenvalue weighted by Crippen LogP contribution is -2.26. The number of aryl methyl sites for hydroxylation is 1. The van der Waals surface area contributed by atoms with Crippen LogP contribution < -0.4 is 10.1 Å². The van der Waals surface area contributed by atoms with Crippen LogP contribution in [0.2, 0.25) is 0 Å². The van der Waals surface area contributed by atoms with Crippen molar-refractivity contribution in [3.63, 3.8) is 0 Å². The topological polar surface area (TPSA) is 97.8 Å². The van der Waals surface area contributed by atoms with Gasteiger partial charge in [0, 0.05) is 30.3 Å².